The third-order valence-corrected chi connectivity index (χ3v) is 8.71. The summed E-state index contributed by atoms with van der Waals surface area (Å²) in [6, 6.07) is 11.2. The van der Waals surface area contributed by atoms with Crippen molar-refractivity contribution < 1.29 is 18.6 Å². The van der Waals surface area contributed by atoms with E-state index in [4.69, 9.17) is 9.05 Å². The summed E-state index contributed by atoms with van der Waals surface area (Å²) in [4.78, 5) is 50.5. The minimum atomic E-state index is -0.492. The molecule has 0 saturated heterocycles. The van der Waals surface area contributed by atoms with Gasteiger partial charge in [-0.1, -0.05) is 50.2 Å². The number of hydrogen-bond donors (Lipinski definition) is 2. The van der Waals surface area contributed by atoms with E-state index < -0.39 is 23.3 Å². The number of nitrogens with one attached hydrogen (secondary N) is 2. The van der Waals surface area contributed by atoms with E-state index >= 15 is 0 Å². The van der Waals surface area contributed by atoms with Crippen molar-refractivity contribution in [2.75, 3.05) is 0 Å². The summed E-state index contributed by atoms with van der Waals surface area (Å²) in [5.74, 6) is 0.193. The van der Waals surface area contributed by atoms with Gasteiger partial charge in [0.2, 0.25) is 0 Å². The van der Waals surface area contributed by atoms with Crippen LogP contribution in [0.15, 0.2) is 55.0 Å². The van der Waals surface area contributed by atoms with Crippen LogP contribution in [0.5, 0.6) is 0 Å². The van der Waals surface area contributed by atoms with Crippen molar-refractivity contribution in [2.45, 2.75) is 86.2 Å². The second-order valence-corrected chi connectivity index (χ2v) is 12.2. The lowest BCUT2D eigenvalue weighted by Crippen LogP contribution is -2.30. The van der Waals surface area contributed by atoms with E-state index in [0.717, 1.165) is 50.1 Å². The molecule has 0 radical (unpaired) electrons. The van der Waals surface area contributed by atoms with Gasteiger partial charge in [0.05, 0.1) is 22.5 Å². The van der Waals surface area contributed by atoms with Gasteiger partial charge in [-0.05, 0) is 98.6 Å². The summed E-state index contributed by atoms with van der Waals surface area (Å²) in [5.41, 5.74) is 7.79. The highest BCUT2D eigenvalue weighted by molar-refractivity contribution is 5.76. The van der Waals surface area contributed by atoms with Crippen molar-refractivity contribution in [3.63, 3.8) is 0 Å². The Balaban J connectivity index is 1.19. The number of aromatic nitrogens is 2. The maximum atomic E-state index is 12.9. The van der Waals surface area contributed by atoms with Crippen LogP contribution in [0.2, 0.25) is 0 Å². The first-order chi connectivity index (χ1) is 20.9. The fourth-order valence-electron chi connectivity index (χ4n) is 6.08. The molecule has 0 spiro atoms. The minimum absolute atomic E-state index is 0.0425. The van der Waals surface area contributed by atoms with Crippen LogP contribution in [0.4, 0.5) is 9.59 Å². The Hall–Kier alpha value is -4.60. The summed E-state index contributed by atoms with van der Waals surface area (Å²) in [6.45, 7) is 12.2. The zero-order valence-electron chi connectivity index (χ0n) is 26.2. The van der Waals surface area contributed by atoms with Crippen molar-refractivity contribution in [2.24, 2.45) is 5.92 Å². The van der Waals surface area contributed by atoms with Crippen LogP contribution in [-0.4, -0.2) is 21.5 Å². The van der Waals surface area contributed by atoms with Gasteiger partial charge in [-0.15, -0.1) is 9.48 Å². The number of hydrogen-bond acceptors (Lipinski definition) is 6. The molecule has 2 N–H and O–H groups in total. The van der Waals surface area contributed by atoms with Gasteiger partial charge >= 0.3 is 23.3 Å². The number of benzene rings is 2. The number of carbonyl (C=O) groups excluding carboxylic acids is 2. The quantitative estimate of drug-likeness (QED) is 0.292. The highest BCUT2D eigenvalue weighted by Gasteiger charge is 2.29. The van der Waals surface area contributed by atoms with E-state index in [2.05, 4.69) is 16.7 Å². The Labute approximate surface area is 256 Å². The summed E-state index contributed by atoms with van der Waals surface area (Å²) in [7, 11) is 0. The summed E-state index contributed by atoms with van der Waals surface area (Å²) in [5, 5.41) is 5.70. The normalized spacial score (nSPS) is 14.5. The molecular formula is C34H40N4O6. The molecule has 232 valence electrons. The van der Waals surface area contributed by atoms with Crippen molar-refractivity contribution in [1.82, 2.24) is 20.1 Å². The van der Waals surface area contributed by atoms with Crippen molar-refractivity contribution in [3.8, 4) is 0 Å². The van der Waals surface area contributed by atoms with Crippen LogP contribution < -0.4 is 21.9 Å². The summed E-state index contributed by atoms with van der Waals surface area (Å²) >= 11 is 0. The maximum Gasteiger partial charge on any atom is 0.361 e. The molecule has 0 aliphatic heterocycles. The van der Waals surface area contributed by atoms with E-state index in [9.17, 15) is 19.2 Å². The van der Waals surface area contributed by atoms with E-state index in [-0.39, 0.29) is 18.4 Å². The molecule has 2 heterocycles. The zero-order chi connectivity index (χ0) is 31.7. The van der Waals surface area contributed by atoms with Gasteiger partial charge in [0, 0.05) is 13.1 Å². The van der Waals surface area contributed by atoms with Crippen LogP contribution in [0.1, 0.15) is 82.1 Å². The van der Waals surface area contributed by atoms with E-state index in [1.165, 1.54) is 5.56 Å². The fraction of sp³-hybridized carbons (Fsp3) is 0.412. The van der Waals surface area contributed by atoms with Crippen LogP contribution in [0.3, 0.4) is 0 Å². The molecule has 0 bridgehead atoms. The molecule has 1 atom stereocenters. The fourth-order valence-corrected chi connectivity index (χ4v) is 6.08. The van der Waals surface area contributed by atoms with Gasteiger partial charge in [-0.25, -0.2) is 19.2 Å². The summed E-state index contributed by atoms with van der Waals surface area (Å²) in [6.07, 6.45) is 2.74. The van der Waals surface area contributed by atoms with Crippen molar-refractivity contribution >= 4 is 12.1 Å². The molecule has 10 nitrogen and oxygen atoms in total. The predicted molar refractivity (Wildman–Crippen MR) is 166 cm³/mol. The van der Waals surface area contributed by atoms with Gasteiger partial charge in [0.25, 0.3) is 0 Å². The number of aryl methyl sites for hydroxylation is 3. The van der Waals surface area contributed by atoms with Gasteiger partial charge in [0.15, 0.2) is 0 Å². The van der Waals surface area contributed by atoms with Crippen LogP contribution in [0.25, 0.3) is 0 Å². The second kappa shape index (κ2) is 12.6. The highest BCUT2D eigenvalue weighted by atomic mass is 16.5. The molecular weight excluding hydrogens is 560 g/mol. The van der Waals surface area contributed by atoms with Crippen LogP contribution in [0, 0.1) is 33.6 Å². The molecule has 2 aromatic carbocycles. The van der Waals surface area contributed by atoms with E-state index in [1.807, 2.05) is 65.0 Å². The summed E-state index contributed by atoms with van der Waals surface area (Å²) < 4.78 is 12.7. The lowest BCUT2D eigenvalue weighted by Gasteiger charge is -2.22. The van der Waals surface area contributed by atoms with Gasteiger partial charge in [-0.2, -0.15) is 0 Å². The average Bonchev–Trinajstić information content (AvgIpc) is 3.48. The topological polar surface area (TPSA) is 128 Å². The first-order valence-corrected chi connectivity index (χ1v) is 15.1. The van der Waals surface area contributed by atoms with Crippen molar-refractivity contribution in [1.29, 1.82) is 0 Å². The molecule has 1 aliphatic carbocycles. The van der Waals surface area contributed by atoms with Gasteiger partial charge in [-0.3, -0.25) is 0 Å². The van der Waals surface area contributed by atoms with Gasteiger partial charge in [0.1, 0.15) is 0 Å². The average molecular weight is 601 g/mol. The third-order valence-electron chi connectivity index (χ3n) is 8.71. The smallest absolute Gasteiger partial charge is 0.331 e. The highest BCUT2D eigenvalue weighted by Crippen LogP contribution is 2.28. The lowest BCUT2D eigenvalue weighted by atomic mass is 9.82. The molecule has 0 fully saturated rings. The van der Waals surface area contributed by atoms with Crippen LogP contribution >= 0.6 is 0 Å². The Bertz CT molecular complexity index is 1840. The molecule has 1 aliphatic rings. The monoisotopic (exact) mass is 600 g/mol. The minimum Gasteiger partial charge on any atom is -0.331 e. The molecule has 4 aromatic rings. The number of nitrogens with zero attached hydrogens (tertiary/aromatic N) is 2. The molecule has 1 unspecified atom stereocenters. The molecule has 2 amide bonds. The molecule has 0 saturated carbocycles. The SMILES string of the molecule is Cc1ccc(CNC(=O)n2oc(=O)c3c2CCC(Cc2ccc(CNC(=O)n4oc(=O)c(C(C)C)c4C)cc2C)C3)cc1C. The number of amides is 2. The number of carbonyl (C=O) groups is 2. The number of rotatable bonds is 7. The number of fused-ring (bicyclic) bond motifs is 1. The standard InChI is InChI=1S/C34H40N4O6/c1-19(2)30-23(6)37(44-32(30)40)33(41)35-18-26-9-11-27(22(5)14-26)15-24-10-12-29-28(16-24)31(39)43-38(29)34(42)36-17-25-8-7-20(3)21(4)13-25/h7-9,11,13-14,19,24H,10,12,15-18H2,1-6H3,(H,35,41)(H,36,42). The van der Waals surface area contributed by atoms with Crippen LogP contribution in [-0.2, 0) is 32.4 Å². The molecule has 2 aromatic heterocycles. The Morgan fingerprint density at radius 1 is 0.841 bits per heavy atom. The van der Waals surface area contributed by atoms with E-state index in [1.54, 1.807) is 6.92 Å². The Morgan fingerprint density at radius 2 is 1.45 bits per heavy atom. The Morgan fingerprint density at radius 3 is 2.07 bits per heavy atom. The predicted octanol–water partition coefficient (Wildman–Crippen LogP) is 5.42. The van der Waals surface area contributed by atoms with Crippen molar-refractivity contribution in [3.05, 3.63) is 113 Å². The first-order valence-electron chi connectivity index (χ1n) is 15.1. The Kier molecular flexibility index (Phi) is 8.80. The first kappa shape index (κ1) is 30.8. The lowest BCUT2D eigenvalue weighted by molar-refractivity contribution is 0.203. The molecule has 10 heteroatoms. The second-order valence-electron chi connectivity index (χ2n) is 12.2. The maximum absolute atomic E-state index is 12.9. The molecule has 44 heavy (non-hydrogen) atoms. The third kappa shape index (κ3) is 6.34. The molecule has 5 rings (SSSR count). The van der Waals surface area contributed by atoms with Gasteiger partial charge < -0.3 is 19.7 Å². The zero-order valence-corrected chi connectivity index (χ0v) is 26.2. The largest absolute Gasteiger partial charge is 0.361 e. The van der Waals surface area contributed by atoms with E-state index in [0.29, 0.717) is 41.9 Å².